The summed E-state index contributed by atoms with van der Waals surface area (Å²) in [5.41, 5.74) is 3.57. The third-order valence-electron chi connectivity index (χ3n) is 6.69. The first kappa shape index (κ1) is 30.8. The van der Waals surface area contributed by atoms with Crippen molar-refractivity contribution >= 4 is 58.0 Å². The van der Waals surface area contributed by atoms with E-state index in [2.05, 4.69) is 53.6 Å². The highest BCUT2D eigenvalue weighted by Gasteiger charge is 2.20. The summed E-state index contributed by atoms with van der Waals surface area (Å²) < 4.78 is 16.4. The number of amides is 1. The van der Waals surface area contributed by atoms with Gasteiger partial charge in [-0.05, 0) is 38.1 Å². The van der Waals surface area contributed by atoms with Gasteiger partial charge in [0.05, 0.1) is 32.8 Å². The first-order valence-electron chi connectivity index (χ1n) is 13.8. The van der Waals surface area contributed by atoms with E-state index >= 15 is 4.39 Å². The van der Waals surface area contributed by atoms with Crippen LogP contribution in [0.5, 0.6) is 0 Å². The zero-order valence-corrected chi connectivity index (χ0v) is 25.6. The molecule has 0 aliphatic heterocycles. The zero-order chi connectivity index (χ0) is 32.1. The fourth-order valence-corrected chi connectivity index (χ4v) is 5.55. The highest BCUT2D eigenvalue weighted by atomic mass is 32.1. The summed E-state index contributed by atoms with van der Waals surface area (Å²) in [5.74, 6) is -0.703. The predicted molar refractivity (Wildman–Crippen MR) is 177 cm³/mol. The topological polar surface area (TPSA) is 142 Å². The molecule has 0 unspecified atom stereocenters. The number of aromatic amines is 2. The Morgan fingerprint density at radius 1 is 1.18 bits per heavy atom. The Kier molecular flexibility index (Phi) is 9.14. The first-order valence-corrected chi connectivity index (χ1v) is 14.6. The van der Waals surface area contributed by atoms with Gasteiger partial charge in [0.1, 0.15) is 11.4 Å². The maximum Gasteiger partial charge on any atom is 0.228 e. The first-order chi connectivity index (χ1) is 21.7. The van der Waals surface area contributed by atoms with E-state index in [1.807, 2.05) is 25.1 Å². The number of fused-ring (bicyclic) bond motifs is 1. The number of rotatable bonds is 10. The number of thiophene rings is 1. The van der Waals surface area contributed by atoms with Crippen molar-refractivity contribution in [2.45, 2.75) is 20.3 Å². The number of imidazole rings is 1. The maximum atomic E-state index is 16.4. The molecule has 5 aromatic heterocycles. The average molecular weight is 621 g/mol. The molecule has 0 aromatic carbocycles. The Balaban J connectivity index is 1.50. The normalized spacial score (nSPS) is 13.0. The SMILES string of the molecule is C=C/C=C\C=C(/C)CC(=O)Nc1cncc(C(=NC)/C(F)=c2/c(-c3nc4nccc(-c5ccc(C(C)=O)s5)c4[nH]3)n[nH]c2=C)c1. The lowest BCUT2D eigenvalue weighted by atomic mass is 10.1. The van der Waals surface area contributed by atoms with E-state index in [1.54, 1.807) is 36.6 Å². The smallest absolute Gasteiger partial charge is 0.228 e. The minimum Gasteiger partial charge on any atom is -0.335 e. The molecule has 0 bridgehead atoms. The summed E-state index contributed by atoms with van der Waals surface area (Å²) in [6.45, 7) is 10.9. The van der Waals surface area contributed by atoms with Crippen LogP contribution in [0.3, 0.4) is 0 Å². The minimum atomic E-state index is -0.706. The maximum absolute atomic E-state index is 16.4. The van der Waals surface area contributed by atoms with E-state index in [4.69, 9.17) is 0 Å². The number of nitrogens with zero attached hydrogens (tertiary/aromatic N) is 5. The number of hydrogen-bond acceptors (Lipinski definition) is 8. The number of pyridine rings is 2. The summed E-state index contributed by atoms with van der Waals surface area (Å²) in [6, 6.07) is 7.06. The minimum absolute atomic E-state index is 0.0120. The van der Waals surface area contributed by atoms with Gasteiger partial charge in [-0.15, -0.1) is 11.3 Å². The predicted octanol–water partition coefficient (Wildman–Crippen LogP) is 5.30. The van der Waals surface area contributed by atoms with Gasteiger partial charge in [0.15, 0.2) is 23.1 Å². The number of Topliss-reactive ketones (excluding diaryl/α,β-unsaturated/α-hetero) is 1. The van der Waals surface area contributed by atoms with Crippen molar-refractivity contribution in [3.05, 3.63) is 100 Å². The molecule has 45 heavy (non-hydrogen) atoms. The number of carbonyl (C=O) groups is 2. The molecule has 10 nitrogen and oxygen atoms in total. The number of nitrogens with one attached hydrogen (secondary N) is 3. The molecule has 12 heteroatoms. The Morgan fingerprint density at radius 2 is 2.00 bits per heavy atom. The van der Waals surface area contributed by atoms with Gasteiger partial charge in [-0.2, -0.15) is 5.10 Å². The summed E-state index contributed by atoms with van der Waals surface area (Å²) in [4.78, 5) is 46.5. The van der Waals surface area contributed by atoms with Crippen LogP contribution >= 0.6 is 11.3 Å². The van der Waals surface area contributed by atoms with Crippen LogP contribution in [0.25, 0.3) is 45.5 Å². The molecule has 0 aliphatic rings. The third-order valence-corrected chi connectivity index (χ3v) is 7.91. The number of hydrogen-bond donors (Lipinski definition) is 3. The Bertz CT molecular complexity index is 2150. The summed E-state index contributed by atoms with van der Waals surface area (Å²) in [6.07, 6.45) is 11.8. The fourth-order valence-electron chi connectivity index (χ4n) is 4.61. The Labute approximate surface area is 261 Å². The van der Waals surface area contributed by atoms with Crippen LogP contribution in [0.15, 0.2) is 84.3 Å². The number of H-pyrrole nitrogens is 2. The molecule has 0 fully saturated rings. The molecule has 0 spiro atoms. The fraction of sp³-hybridized carbons (Fsp3) is 0.121. The van der Waals surface area contributed by atoms with Crippen molar-refractivity contribution in [2.75, 3.05) is 12.4 Å². The molecule has 0 saturated carbocycles. The number of aromatic nitrogens is 6. The van der Waals surface area contributed by atoms with Crippen LogP contribution in [0.2, 0.25) is 0 Å². The summed E-state index contributed by atoms with van der Waals surface area (Å²) >= 11 is 1.36. The van der Waals surface area contributed by atoms with Gasteiger partial charge in [-0.1, -0.05) is 43.0 Å². The van der Waals surface area contributed by atoms with Crippen LogP contribution in [0.1, 0.15) is 35.5 Å². The van der Waals surface area contributed by atoms with Crippen molar-refractivity contribution in [1.82, 2.24) is 30.1 Å². The quantitative estimate of drug-likeness (QED) is 0.110. The van der Waals surface area contributed by atoms with Crippen LogP contribution in [-0.4, -0.2) is 54.6 Å². The number of anilines is 1. The molecular formula is C33H29FN8O2S. The van der Waals surface area contributed by atoms with E-state index in [1.165, 1.54) is 37.7 Å². The molecule has 0 radical (unpaired) electrons. The van der Waals surface area contributed by atoms with Gasteiger partial charge in [0, 0.05) is 41.9 Å². The van der Waals surface area contributed by atoms with Crippen molar-refractivity contribution in [3.8, 4) is 22.0 Å². The van der Waals surface area contributed by atoms with Crippen molar-refractivity contribution in [3.63, 3.8) is 0 Å². The summed E-state index contributed by atoms with van der Waals surface area (Å²) in [7, 11) is 1.46. The molecule has 226 valence electrons. The van der Waals surface area contributed by atoms with Crippen molar-refractivity contribution < 1.29 is 14.0 Å². The monoisotopic (exact) mass is 620 g/mol. The number of allylic oxidation sites excluding steroid dienone is 4. The second-order valence-corrected chi connectivity index (χ2v) is 11.1. The van der Waals surface area contributed by atoms with Crippen molar-refractivity contribution in [1.29, 1.82) is 0 Å². The van der Waals surface area contributed by atoms with Crippen LogP contribution in [0.4, 0.5) is 10.1 Å². The van der Waals surface area contributed by atoms with E-state index < -0.39 is 5.83 Å². The number of halogens is 1. The van der Waals surface area contributed by atoms with E-state index in [9.17, 15) is 9.59 Å². The molecule has 0 atom stereocenters. The lowest BCUT2D eigenvalue weighted by molar-refractivity contribution is -0.115. The number of ketones is 1. The highest BCUT2D eigenvalue weighted by molar-refractivity contribution is 7.17. The van der Waals surface area contributed by atoms with E-state index in [0.717, 1.165) is 16.0 Å². The number of aliphatic imine (C=N–C) groups is 1. The largest absolute Gasteiger partial charge is 0.335 e. The van der Waals surface area contributed by atoms with E-state index in [-0.39, 0.29) is 45.9 Å². The van der Waals surface area contributed by atoms with Gasteiger partial charge in [0.25, 0.3) is 0 Å². The van der Waals surface area contributed by atoms with Crippen LogP contribution in [-0.2, 0) is 4.79 Å². The second kappa shape index (κ2) is 13.3. The van der Waals surface area contributed by atoms with E-state index in [0.29, 0.717) is 27.3 Å². The van der Waals surface area contributed by atoms with Gasteiger partial charge in [0.2, 0.25) is 5.91 Å². The summed E-state index contributed by atoms with van der Waals surface area (Å²) in [5, 5.41) is 10.1. The lowest BCUT2D eigenvalue weighted by Gasteiger charge is -2.08. The average Bonchev–Trinajstić information content (AvgIpc) is 3.76. The molecule has 5 rings (SSSR count). The molecule has 1 amide bonds. The molecule has 5 heterocycles. The third kappa shape index (κ3) is 6.65. The molecule has 3 N–H and O–H groups in total. The van der Waals surface area contributed by atoms with Crippen LogP contribution in [0, 0.1) is 0 Å². The zero-order valence-electron chi connectivity index (χ0n) is 24.8. The second-order valence-electron chi connectivity index (χ2n) is 10.00. The lowest BCUT2D eigenvalue weighted by Crippen LogP contribution is -2.27. The Hall–Kier alpha value is -5.62. The van der Waals surface area contributed by atoms with Gasteiger partial charge < -0.3 is 10.3 Å². The van der Waals surface area contributed by atoms with Crippen LogP contribution < -0.4 is 15.9 Å². The standard InChI is InChI=1S/C33H29FN8O2S/c1-6-7-8-9-18(2)14-26(44)38-22-15-21(16-36-17-22)29(35-5)28(34)27-19(3)41-42-31(27)33-39-30-23(12-13-37-32(30)40-33)25-11-10-24(45-25)20(4)43/h6-13,15-17,41H,1,3,14H2,2,4-5H3,(H,38,44)(H,37,39,40)/b8-7-,18-9+,28-27-,35-29?. The molecule has 0 saturated heterocycles. The Morgan fingerprint density at radius 3 is 2.73 bits per heavy atom. The van der Waals surface area contributed by atoms with Gasteiger partial charge in [-0.3, -0.25) is 24.7 Å². The van der Waals surface area contributed by atoms with Gasteiger partial charge >= 0.3 is 0 Å². The van der Waals surface area contributed by atoms with Crippen molar-refractivity contribution in [2.24, 2.45) is 4.99 Å². The van der Waals surface area contributed by atoms with Gasteiger partial charge in [-0.25, -0.2) is 14.4 Å². The highest BCUT2D eigenvalue weighted by Crippen LogP contribution is 2.33. The molecule has 5 aromatic rings. The number of carbonyl (C=O) groups excluding carboxylic acids is 2. The molecule has 0 aliphatic carbocycles. The molecular weight excluding hydrogens is 591 g/mol.